The van der Waals surface area contributed by atoms with E-state index in [-0.39, 0.29) is 11.6 Å². The van der Waals surface area contributed by atoms with Gasteiger partial charge in [-0.2, -0.15) is 0 Å². The molecule has 0 fully saturated rings. The molecule has 0 spiro atoms. The summed E-state index contributed by atoms with van der Waals surface area (Å²) >= 11 is 5.95. The van der Waals surface area contributed by atoms with Gasteiger partial charge in [-0.15, -0.1) is 0 Å². The van der Waals surface area contributed by atoms with Gasteiger partial charge in [0, 0.05) is 35.8 Å². The lowest BCUT2D eigenvalue weighted by molar-refractivity contribution is 0.286. The fourth-order valence-electron chi connectivity index (χ4n) is 4.26. The van der Waals surface area contributed by atoms with Crippen molar-refractivity contribution < 1.29 is 9.13 Å². The minimum atomic E-state index is -0.341. The zero-order valence-corrected chi connectivity index (χ0v) is 17.9. The van der Waals surface area contributed by atoms with E-state index in [0.29, 0.717) is 13.2 Å². The van der Waals surface area contributed by atoms with Crippen molar-refractivity contribution in [3.8, 4) is 5.75 Å². The van der Waals surface area contributed by atoms with Gasteiger partial charge in [-0.1, -0.05) is 66.8 Å². The molecule has 5 rings (SSSR count). The van der Waals surface area contributed by atoms with Crippen LogP contribution in [0.2, 0.25) is 0 Å². The Bertz CT molecular complexity index is 1250. The summed E-state index contributed by atoms with van der Waals surface area (Å²) in [5.41, 5.74) is 4.93. The first-order valence-electron chi connectivity index (χ1n) is 10.5. The average molecular weight is 431 g/mol. The quantitative estimate of drug-likeness (QED) is 0.384. The van der Waals surface area contributed by atoms with Gasteiger partial charge >= 0.3 is 0 Å². The summed E-state index contributed by atoms with van der Waals surface area (Å²) in [6.45, 7) is 2.75. The fourth-order valence-corrected chi connectivity index (χ4v) is 4.58. The predicted molar refractivity (Wildman–Crippen MR) is 126 cm³/mol. The minimum absolute atomic E-state index is 0.279. The lowest BCUT2D eigenvalue weighted by Gasteiger charge is -2.30. The lowest BCUT2D eigenvalue weighted by Crippen LogP contribution is -2.35. The molecule has 1 aromatic heterocycles. The Morgan fingerprint density at radius 2 is 1.68 bits per heavy atom. The van der Waals surface area contributed by atoms with Crippen LogP contribution in [-0.2, 0) is 19.5 Å². The molecule has 0 unspecified atom stereocenters. The number of ether oxygens (including phenoxy) is 1. The number of thiocarbonyl (C=S) groups is 1. The average Bonchev–Trinajstić information content (AvgIpc) is 3.18. The van der Waals surface area contributed by atoms with E-state index in [9.17, 15) is 4.39 Å². The molecule has 0 saturated heterocycles. The second-order valence-corrected chi connectivity index (χ2v) is 8.16. The number of aromatic nitrogens is 1. The number of rotatable bonds is 5. The molecule has 1 aliphatic rings. The van der Waals surface area contributed by atoms with E-state index in [1.54, 1.807) is 18.2 Å². The summed E-state index contributed by atoms with van der Waals surface area (Å²) in [7, 11) is 0. The maximum Gasteiger partial charge on any atom is 0.165 e. The Labute approximate surface area is 186 Å². The standard InChI is InChI=1S/C26H23FN2OS/c27-23-10-4-6-12-25(23)30-16-15-28-18-22(21-9-3-5-11-24(21)28)26(31)29-14-13-19-7-1-2-8-20(19)17-29/h1-12,18H,13-17H2. The van der Waals surface area contributed by atoms with Crippen LogP contribution in [0.15, 0.2) is 79.0 Å². The summed E-state index contributed by atoms with van der Waals surface area (Å²) in [6.07, 6.45) is 3.11. The molecule has 1 aliphatic heterocycles. The Hall–Kier alpha value is -3.18. The first-order chi connectivity index (χ1) is 15.2. The van der Waals surface area contributed by atoms with E-state index in [4.69, 9.17) is 17.0 Å². The topological polar surface area (TPSA) is 17.4 Å². The van der Waals surface area contributed by atoms with E-state index in [0.717, 1.165) is 41.0 Å². The van der Waals surface area contributed by atoms with Crippen molar-refractivity contribution in [3.05, 3.63) is 102 Å². The van der Waals surface area contributed by atoms with Crippen molar-refractivity contribution >= 4 is 28.1 Å². The van der Waals surface area contributed by atoms with Gasteiger partial charge in [0.2, 0.25) is 0 Å². The Kier molecular flexibility index (Phi) is 5.43. The predicted octanol–water partition coefficient (Wildman–Crippen LogP) is 5.59. The highest BCUT2D eigenvalue weighted by atomic mass is 32.1. The third-order valence-electron chi connectivity index (χ3n) is 5.86. The molecule has 0 atom stereocenters. The van der Waals surface area contributed by atoms with Crippen LogP contribution in [0.4, 0.5) is 4.39 Å². The van der Waals surface area contributed by atoms with Crippen molar-refractivity contribution in [1.82, 2.24) is 9.47 Å². The molecule has 0 bridgehead atoms. The third kappa shape index (κ3) is 3.93. The van der Waals surface area contributed by atoms with Crippen molar-refractivity contribution in [1.29, 1.82) is 0 Å². The van der Waals surface area contributed by atoms with Crippen molar-refractivity contribution in [2.24, 2.45) is 0 Å². The highest BCUT2D eigenvalue weighted by Crippen LogP contribution is 2.27. The number of halogens is 1. The number of fused-ring (bicyclic) bond motifs is 2. The maximum absolute atomic E-state index is 13.8. The van der Waals surface area contributed by atoms with Crippen molar-refractivity contribution in [3.63, 3.8) is 0 Å². The largest absolute Gasteiger partial charge is 0.489 e. The number of benzene rings is 3. The summed E-state index contributed by atoms with van der Waals surface area (Å²) < 4.78 is 21.7. The molecule has 0 radical (unpaired) electrons. The molecule has 2 heterocycles. The van der Waals surface area contributed by atoms with Crippen LogP contribution in [0.25, 0.3) is 10.9 Å². The monoisotopic (exact) mass is 430 g/mol. The van der Waals surface area contributed by atoms with Gasteiger partial charge < -0.3 is 14.2 Å². The highest BCUT2D eigenvalue weighted by molar-refractivity contribution is 7.80. The molecule has 31 heavy (non-hydrogen) atoms. The molecule has 3 nitrogen and oxygen atoms in total. The van der Waals surface area contributed by atoms with E-state index in [1.165, 1.54) is 17.2 Å². The minimum Gasteiger partial charge on any atom is -0.489 e. The fraction of sp³-hybridized carbons (Fsp3) is 0.192. The molecule has 5 heteroatoms. The Balaban J connectivity index is 1.37. The van der Waals surface area contributed by atoms with Gasteiger partial charge in [-0.05, 0) is 35.7 Å². The number of nitrogens with zero attached hydrogens (tertiary/aromatic N) is 2. The molecule has 0 N–H and O–H groups in total. The van der Waals surface area contributed by atoms with Crippen LogP contribution in [0.5, 0.6) is 5.75 Å². The first kappa shape index (κ1) is 19.8. The summed E-state index contributed by atoms with van der Waals surface area (Å²) in [5, 5.41) is 1.14. The SMILES string of the molecule is Fc1ccccc1OCCn1cc(C(=S)N2CCc3ccccc3C2)c2ccccc21. The van der Waals surface area contributed by atoms with Crippen LogP contribution in [0, 0.1) is 5.82 Å². The molecular formula is C26H23FN2OS. The zero-order valence-electron chi connectivity index (χ0n) is 17.1. The van der Waals surface area contributed by atoms with E-state index >= 15 is 0 Å². The van der Waals surface area contributed by atoms with Crippen molar-refractivity contribution in [2.45, 2.75) is 19.5 Å². The number of hydrogen-bond donors (Lipinski definition) is 0. The zero-order chi connectivity index (χ0) is 21.2. The Morgan fingerprint density at radius 1 is 0.935 bits per heavy atom. The van der Waals surface area contributed by atoms with Gasteiger partial charge in [0.15, 0.2) is 11.6 Å². The summed E-state index contributed by atoms with van der Waals surface area (Å²) in [6, 6.07) is 23.4. The molecular weight excluding hydrogens is 407 g/mol. The van der Waals surface area contributed by atoms with Crippen LogP contribution in [-0.4, -0.2) is 27.6 Å². The molecule has 3 aromatic carbocycles. The molecule has 0 amide bonds. The first-order valence-corrected chi connectivity index (χ1v) is 10.9. The number of hydrogen-bond acceptors (Lipinski definition) is 2. The maximum atomic E-state index is 13.8. The van der Waals surface area contributed by atoms with Crippen LogP contribution in [0.1, 0.15) is 16.7 Å². The number of para-hydroxylation sites is 2. The van der Waals surface area contributed by atoms with Crippen LogP contribution in [0.3, 0.4) is 0 Å². The molecule has 156 valence electrons. The summed E-state index contributed by atoms with van der Waals surface area (Å²) in [5.74, 6) is -0.0613. The molecule has 0 saturated carbocycles. The highest BCUT2D eigenvalue weighted by Gasteiger charge is 2.21. The van der Waals surface area contributed by atoms with E-state index in [2.05, 4.69) is 52.1 Å². The van der Waals surface area contributed by atoms with Crippen LogP contribution >= 0.6 is 12.2 Å². The Morgan fingerprint density at radius 3 is 2.55 bits per heavy atom. The van der Waals surface area contributed by atoms with E-state index < -0.39 is 0 Å². The van der Waals surface area contributed by atoms with Gasteiger partial charge in [0.1, 0.15) is 11.6 Å². The van der Waals surface area contributed by atoms with Crippen molar-refractivity contribution in [2.75, 3.05) is 13.2 Å². The normalized spacial score (nSPS) is 13.3. The smallest absolute Gasteiger partial charge is 0.165 e. The summed E-state index contributed by atoms with van der Waals surface area (Å²) in [4.78, 5) is 3.17. The van der Waals surface area contributed by atoms with Gasteiger partial charge in [-0.3, -0.25) is 0 Å². The third-order valence-corrected chi connectivity index (χ3v) is 6.34. The van der Waals surface area contributed by atoms with Crippen LogP contribution < -0.4 is 4.74 Å². The molecule has 0 aliphatic carbocycles. The molecule has 4 aromatic rings. The second kappa shape index (κ2) is 8.52. The van der Waals surface area contributed by atoms with E-state index in [1.807, 2.05) is 12.1 Å². The van der Waals surface area contributed by atoms with Gasteiger partial charge in [0.05, 0.1) is 6.54 Å². The van der Waals surface area contributed by atoms with Gasteiger partial charge in [-0.25, -0.2) is 4.39 Å². The van der Waals surface area contributed by atoms with Gasteiger partial charge in [0.25, 0.3) is 0 Å². The second-order valence-electron chi connectivity index (χ2n) is 7.78. The lowest BCUT2D eigenvalue weighted by atomic mass is 9.99.